The summed E-state index contributed by atoms with van der Waals surface area (Å²) in [6.07, 6.45) is -4.87. The highest BCUT2D eigenvalue weighted by atomic mass is 32.2. The average Bonchev–Trinajstić information content (AvgIpc) is 2.13. The van der Waals surface area contributed by atoms with E-state index in [0.717, 1.165) is 25.1 Å². The second kappa shape index (κ2) is 4.60. The second-order valence-corrected chi connectivity index (χ2v) is 5.57. The lowest BCUT2D eigenvalue weighted by molar-refractivity contribution is -0.106. The SMILES string of the molecule is Cc1c(C(=O)O)cccc1S(=O)(=O)CC(F)(F)F. The van der Waals surface area contributed by atoms with E-state index in [1.807, 2.05) is 0 Å². The lowest BCUT2D eigenvalue weighted by atomic mass is 10.1. The van der Waals surface area contributed by atoms with Crippen LogP contribution in [0.2, 0.25) is 0 Å². The molecule has 0 aliphatic rings. The van der Waals surface area contributed by atoms with Gasteiger partial charge in [-0.2, -0.15) is 13.2 Å². The molecule has 4 nitrogen and oxygen atoms in total. The molecule has 0 saturated heterocycles. The number of aromatic carboxylic acids is 1. The van der Waals surface area contributed by atoms with Crippen molar-refractivity contribution in [2.45, 2.75) is 18.0 Å². The topological polar surface area (TPSA) is 71.4 Å². The molecule has 0 amide bonds. The largest absolute Gasteiger partial charge is 0.478 e. The molecule has 0 aliphatic carbocycles. The van der Waals surface area contributed by atoms with E-state index in [9.17, 15) is 26.4 Å². The molecule has 0 heterocycles. The Labute approximate surface area is 101 Å². The number of carbonyl (C=O) groups is 1. The number of sulfone groups is 1. The molecular weight excluding hydrogens is 273 g/mol. The number of carboxylic acid groups (broad SMARTS) is 1. The Balaban J connectivity index is 3.35. The van der Waals surface area contributed by atoms with Gasteiger partial charge in [0.25, 0.3) is 0 Å². The number of rotatable bonds is 3. The standard InChI is InChI=1S/C10H9F3O4S/c1-6-7(9(14)15)3-2-4-8(6)18(16,17)5-10(11,12)13/h2-4H,5H2,1H3,(H,14,15). The number of hydrogen-bond acceptors (Lipinski definition) is 3. The monoisotopic (exact) mass is 282 g/mol. The first-order chi connectivity index (χ1) is 8.04. The Hall–Kier alpha value is -1.57. The molecule has 100 valence electrons. The number of benzene rings is 1. The number of alkyl halides is 3. The fourth-order valence-corrected chi connectivity index (χ4v) is 2.93. The summed E-state index contributed by atoms with van der Waals surface area (Å²) in [5, 5.41) is 8.77. The molecule has 0 fully saturated rings. The lowest BCUT2D eigenvalue weighted by Gasteiger charge is -2.11. The van der Waals surface area contributed by atoms with Crippen LogP contribution in [-0.2, 0) is 9.84 Å². The van der Waals surface area contributed by atoms with Gasteiger partial charge in [-0.3, -0.25) is 0 Å². The van der Waals surface area contributed by atoms with Crippen LogP contribution in [0, 0.1) is 6.92 Å². The summed E-state index contributed by atoms with van der Waals surface area (Å²) in [5.74, 6) is -3.40. The van der Waals surface area contributed by atoms with Crippen LogP contribution in [0.15, 0.2) is 23.1 Å². The van der Waals surface area contributed by atoms with Gasteiger partial charge in [-0.25, -0.2) is 13.2 Å². The Bertz CT molecular complexity index is 575. The number of halogens is 3. The molecule has 0 unspecified atom stereocenters. The van der Waals surface area contributed by atoms with Crippen molar-refractivity contribution in [3.05, 3.63) is 29.3 Å². The van der Waals surface area contributed by atoms with E-state index in [1.165, 1.54) is 0 Å². The van der Waals surface area contributed by atoms with Gasteiger partial charge < -0.3 is 5.11 Å². The molecule has 18 heavy (non-hydrogen) atoms. The third-order valence-electron chi connectivity index (χ3n) is 2.20. The molecular formula is C10H9F3O4S. The minimum atomic E-state index is -4.87. The zero-order valence-electron chi connectivity index (χ0n) is 9.15. The fourth-order valence-electron chi connectivity index (χ4n) is 1.48. The summed E-state index contributed by atoms with van der Waals surface area (Å²) in [7, 11) is -4.59. The molecule has 0 radical (unpaired) electrons. The van der Waals surface area contributed by atoms with Gasteiger partial charge in [0, 0.05) is 0 Å². The van der Waals surface area contributed by atoms with Gasteiger partial charge in [-0.05, 0) is 24.6 Å². The van der Waals surface area contributed by atoms with E-state index in [4.69, 9.17) is 5.11 Å². The Morgan fingerprint density at radius 1 is 1.33 bits per heavy atom. The lowest BCUT2D eigenvalue weighted by Crippen LogP contribution is -2.23. The first kappa shape index (κ1) is 14.5. The summed E-state index contributed by atoms with van der Waals surface area (Å²) in [6.45, 7) is 1.16. The van der Waals surface area contributed by atoms with Crippen LogP contribution in [0.5, 0.6) is 0 Å². The van der Waals surface area contributed by atoms with Gasteiger partial charge in [0.1, 0.15) is 0 Å². The summed E-state index contributed by atoms with van der Waals surface area (Å²) >= 11 is 0. The van der Waals surface area contributed by atoms with Gasteiger partial charge in [-0.15, -0.1) is 0 Å². The molecule has 8 heteroatoms. The van der Waals surface area contributed by atoms with E-state index in [1.54, 1.807) is 0 Å². The van der Waals surface area contributed by atoms with E-state index < -0.39 is 32.6 Å². The molecule has 0 atom stereocenters. The van der Waals surface area contributed by atoms with E-state index in [-0.39, 0.29) is 11.1 Å². The van der Waals surface area contributed by atoms with Gasteiger partial charge in [-0.1, -0.05) is 6.07 Å². The van der Waals surface area contributed by atoms with Crippen LogP contribution < -0.4 is 0 Å². The summed E-state index contributed by atoms with van der Waals surface area (Å²) in [5.41, 5.74) is -0.535. The highest BCUT2D eigenvalue weighted by molar-refractivity contribution is 7.91. The summed E-state index contributed by atoms with van der Waals surface area (Å²) < 4.78 is 59.5. The number of carboxylic acids is 1. The molecule has 0 aliphatic heterocycles. The highest BCUT2D eigenvalue weighted by Crippen LogP contribution is 2.26. The van der Waals surface area contributed by atoms with Gasteiger partial charge in [0.2, 0.25) is 0 Å². The Morgan fingerprint density at radius 3 is 2.33 bits per heavy atom. The second-order valence-electron chi connectivity index (χ2n) is 3.61. The third kappa shape index (κ3) is 3.22. The summed E-state index contributed by atoms with van der Waals surface area (Å²) in [4.78, 5) is 10.2. The van der Waals surface area contributed by atoms with Crippen LogP contribution in [0.1, 0.15) is 15.9 Å². The minimum absolute atomic E-state index is 0.200. The van der Waals surface area contributed by atoms with E-state index in [0.29, 0.717) is 0 Å². The average molecular weight is 282 g/mol. The minimum Gasteiger partial charge on any atom is -0.478 e. The van der Waals surface area contributed by atoms with Gasteiger partial charge >= 0.3 is 12.1 Å². The van der Waals surface area contributed by atoms with Crippen molar-refractivity contribution in [1.29, 1.82) is 0 Å². The van der Waals surface area contributed by atoms with Crippen molar-refractivity contribution in [3.8, 4) is 0 Å². The van der Waals surface area contributed by atoms with Crippen molar-refractivity contribution in [1.82, 2.24) is 0 Å². The zero-order chi connectivity index (χ0) is 14.1. The van der Waals surface area contributed by atoms with Crippen molar-refractivity contribution in [3.63, 3.8) is 0 Å². The van der Waals surface area contributed by atoms with Crippen molar-refractivity contribution < 1.29 is 31.5 Å². The van der Waals surface area contributed by atoms with Crippen LogP contribution in [0.3, 0.4) is 0 Å². The zero-order valence-corrected chi connectivity index (χ0v) is 9.97. The first-order valence-corrected chi connectivity index (χ1v) is 6.32. The normalized spacial score (nSPS) is 12.4. The van der Waals surface area contributed by atoms with Crippen molar-refractivity contribution >= 4 is 15.8 Å². The molecule has 1 N–H and O–H groups in total. The quantitative estimate of drug-likeness (QED) is 0.920. The number of hydrogen-bond donors (Lipinski definition) is 1. The van der Waals surface area contributed by atoms with Crippen molar-refractivity contribution in [2.75, 3.05) is 5.75 Å². The van der Waals surface area contributed by atoms with Gasteiger partial charge in [0.15, 0.2) is 15.6 Å². The van der Waals surface area contributed by atoms with Crippen LogP contribution in [0.25, 0.3) is 0 Å². The third-order valence-corrected chi connectivity index (χ3v) is 4.02. The predicted octanol–water partition coefficient (Wildman–Crippen LogP) is 2.03. The van der Waals surface area contributed by atoms with Crippen LogP contribution in [0.4, 0.5) is 13.2 Å². The molecule has 0 aromatic heterocycles. The highest BCUT2D eigenvalue weighted by Gasteiger charge is 2.37. The predicted molar refractivity (Wildman–Crippen MR) is 56.2 cm³/mol. The molecule has 0 spiro atoms. The fraction of sp³-hybridized carbons (Fsp3) is 0.300. The van der Waals surface area contributed by atoms with Crippen molar-refractivity contribution in [2.24, 2.45) is 0 Å². The Morgan fingerprint density at radius 2 is 1.89 bits per heavy atom. The molecule has 1 rings (SSSR count). The maximum atomic E-state index is 12.1. The molecule has 1 aromatic rings. The van der Waals surface area contributed by atoms with E-state index in [2.05, 4.69) is 0 Å². The van der Waals surface area contributed by atoms with Gasteiger partial charge in [0.05, 0.1) is 10.5 Å². The molecule has 1 aromatic carbocycles. The smallest absolute Gasteiger partial charge is 0.403 e. The van der Waals surface area contributed by atoms with Crippen LogP contribution >= 0.6 is 0 Å². The molecule has 0 saturated carbocycles. The van der Waals surface area contributed by atoms with E-state index >= 15 is 0 Å². The maximum Gasteiger partial charge on any atom is 0.403 e. The maximum absolute atomic E-state index is 12.1. The Kier molecular flexibility index (Phi) is 3.70. The summed E-state index contributed by atoms with van der Waals surface area (Å²) in [6, 6.07) is 3.19. The van der Waals surface area contributed by atoms with Crippen LogP contribution in [-0.4, -0.2) is 31.4 Å². The molecule has 0 bridgehead atoms. The first-order valence-electron chi connectivity index (χ1n) is 4.67.